The van der Waals surface area contributed by atoms with Gasteiger partial charge < -0.3 is 19.9 Å². The quantitative estimate of drug-likeness (QED) is 0.693. The van der Waals surface area contributed by atoms with Gasteiger partial charge in [-0.2, -0.15) is 5.10 Å². The minimum Gasteiger partial charge on any atom is -0.504 e. The second-order valence-corrected chi connectivity index (χ2v) is 5.56. The molecule has 6 nitrogen and oxygen atoms in total. The van der Waals surface area contributed by atoms with Crippen molar-refractivity contribution in [2.24, 2.45) is 0 Å². The fourth-order valence-electron chi connectivity index (χ4n) is 2.52. The van der Waals surface area contributed by atoms with Gasteiger partial charge >= 0.3 is 0 Å². The third-order valence-corrected chi connectivity index (χ3v) is 3.86. The first kappa shape index (κ1) is 16.9. The molecule has 3 aromatic rings. The highest BCUT2D eigenvalue weighted by Gasteiger charge is 2.04. The van der Waals surface area contributed by atoms with Crippen LogP contribution in [0.4, 0.5) is 0 Å². The number of phenolic OH excluding ortho intramolecular Hbond substituents is 1. The Morgan fingerprint density at radius 3 is 2.48 bits per heavy atom. The largest absolute Gasteiger partial charge is 0.504 e. The summed E-state index contributed by atoms with van der Waals surface area (Å²) in [7, 11) is 3.18. The number of aromatic hydroxyl groups is 1. The molecule has 6 heteroatoms. The van der Waals surface area contributed by atoms with Crippen LogP contribution in [0.15, 0.2) is 54.7 Å². The van der Waals surface area contributed by atoms with Crippen molar-refractivity contribution in [3.05, 3.63) is 66.0 Å². The summed E-state index contributed by atoms with van der Waals surface area (Å²) in [5, 5.41) is 17.7. The molecule has 0 atom stereocenters. The monoisotopic (exact) mass is 339 g/mol. The molecule has 0 radical (unpaired) electrons. The third-order valence-electron chi connectivity index (χ3n) is 3.86. The number of ether oxygens (including phenoxy) is 2. The number of phenols is 1. The molecule has 130 valence electrons. The fraction of sp³-hybridized carbons (Fsp3) is 0.211. The minimum absolute atomic E-state index is 0.144. The second kappa shape index (κ2) is 7.72. The summed E-state index contributed by atoms with van der Waals surface area (Å²) in [5.74, 6) is 1.44. The molecule has 0 aliphatic heterocycles. The molecule has 0 amide bonds. The van der Waals surface area contributed by atoms with Gasteiger partial charge in [-0.25, -0.2) is 4.68 Å². The summed E-state index contributed by atoms with van der Waals surface area (Å²) < 4.78 is 12.0. The SMILES string of the molecule is COc1ccc(-n2ccc(CNCc3ccc(OC)c(O)c3)n2)cc1. The molecule has 0 aliphatic carbocycles. The van der Waals surface area contributed by atoms with Crippen LogP contribution < -0.4 is 14.8 Å². The Morgan fingerprint density at radius 1 is 1.00 bits per heavy atom. The van der Waals surface area contributed by atoms with E-state index >= 15 is 0 Å². The van der Waals surface area contributed by atoms with Gasteiger partial charge in [0.05, 0.1) is 25.6 Å². The zero-order chi connectivity index (χ0) is 17.6. The van der Waals surface area contributed by atoms with Crippen LogP contribution in [0.1, 0.15) is 11.3 Å². The Bertz CT molecular complexity index is 828. The molecule has 0 saturated heterocycles. The molecule has 25 heavy (non-hydrogen) atoms. The van der Waals surface area contributed by atoms with Crippen molar-refractivity contribution in [1.82, 2.24) is 15.1 Å². The molecule has 3 rings (SSSR count). The molecule has 0 spiro atoms. The standard InChI is InChI=1S/C19H21N3O3/c1-24-17-6-4-16(5-7-17)22-10-9-15(21-22)13-20-12-14-3-8-19(25-2)18(23)11-14/h3-11,20,23H,12-13H2,1-2H3. The molecule has 1 aromatic heterocycles. The smallest absolute Gasteiger partial charge is 0.160 e. The highest BCUT2D eigenvalue weighted by Crippen LogP contribution is 2.26. The van der Waals surface area contributed by atoms with Crippen LogP contribution in [0, 0.1) is 0 Å². The van der Waals surface area contributed by atoms with E-state index in [1.807, 2.05) is 47.3 Å². The van der Waals surface area contributed by atoms with Gasteiger partial charge in [0, 0.05) is 19.3 Å². The minimum atomic E-state index is 0.144. The van der Waals surface area contributed by atoms with Crippen molar-refractivity contribution in [3.63, 3.8) is 0 Å². The van der Waals surface area contributed by atoms with Crippen molar-refractivity contribution in [1.29, 1.82) is 0 Å². The van der Waals surface area contributed by atoms with E-state index in [0.29, 0.717) is 18.8 Å². The van der Waals surface area contributed by atoms with Crippen molar-refractivity contribution in [2.45, 2.75) is 13.1 Å². The van der Waals surface area contributed by atoms with E-state index in [1.165, 1.54) is 7.11 Å². The summed E-state index contributed by atoms with van der Waals surface area (Å²) in [6, 6.07) is 15.1. The number of nitrogens with zero attached hydrogens (tertiary/aromatic N) is 2. The summed E-state index contributed by atoms with van der Waals surface area (Å²) in [6.45, 7) is 1.27. The summed E-state index contributed by atoms with van der Waals surface area (Å²) >= 11 is 0. The van der Waals surface area contributed by atoms with Crippen LogP contribution in [0.3, 0.4) is 0 Å². The highest BCUT2D eigenvalue weighted by atomic mass is 16.5. The van der Waals surface area contributed by atoms with E-state index < -0.39 is 0 Å². The maximum absolute atomic E-state index is 9.80. The zero-order valence-corrected chi connectivity index (χ0v) is 14.3. The third kappa shape index (κ3) is 4.10. The molecule has 2 N–H and O–H groups in total. The van der Waals surface area contributed by atoms with Gasteiger partial charge in [-0.15, -0.1) is 0 Å². The second-order valence-electron chi connectivity index (χ2n) is 5.56. The molecule has 1 heterocycles. The Morgan fingerprint density at radius 2 is 1.80 bits per heavy atom. The van der Waals surface area contributed by atoms with E-state index in [2.05, 4.69) is 10.4 Å². The molecule has 2 aromatic carbocycles. The van der Waals surface area contributed by atoms with Gasteiger partial charge in [0.1, 0.15) is 5.75 Å². The number of aromatic nitrogens is 2. The predicted octanol–water partition coefficient (Wildman–Crippen LogP) is 2.88. The normalized spacial score (nSPS) is 10.6. The molecule has 0 aliphatic rings. The molecular formula is C19H21N3O3. The number of methoxy groups -OCH3 is 2. The Balaban J connectivity index is 1.57. The van der Waals surface area contributed by atoms with E-state index in [0.717, 1.165) is 22.7 Å². The number of hydrogen-bond acceptors (Lipinski definition) is 5. The highest BCUT2D eigenvalue weighted by molar-refractivity contribution is 5.41. The van der Waals surface area contributed by atoms with E-state index in [1.54, 1.807) is 19.2 Å². The van der Waals surface area contributed by atoms with Crippen LogP contribution in [0.2, 0.25) is 0 Å². The predicted molar refractivity (Wildman–Crippen MR) is 95.3 cm³/mol. The summed E-state index contributed by atoms with van der Waals surface area (Å²) in [4.78, 5) is 0. The molecular weight excluding hydrogens is 318 g/mol. The number of rotatable bonds is 7. The summed E-state index contributed by atoms with van der Waals surface area (Å²) in [5.41, 5.74) is 2.90. The van der Waals surface area contributed by atoms with Crippen LogP contribution in [-0.4, -0.2) is 29.1 Å². The van der Waals surface area contributed by atoms with Gasteiger partial charge in [0.25, 0.3) is 0 Å². The van der Waals surface area contributed by atoms with Crippen LogP contribution in [0.5, 0.6) is 17.2 Å². The first-order valence-corrected chi connectivity index (χ1v) is 7.95. The summed E-state index contributed by atoms with van der Waals surface area (Å²) in [6.07, 6.45) is 1.93. The number of nitrogens with one attached hydrogen (secondary N) is 1. The van der Waals surface area contributed by atoms with E-state index in [9.17, 15) is 5.11 Å². The fourth-order valence-corrected chi connectivity index (χ4v) is 2.52. The van der Waals surface area contributed by atoms with Crippen molar-refractivity contribution in [3.8, 4) is 22.9 Å². The first-order chi connectivity index (χ1) is 12.2. The molecule has 0 unspecified atom stereocenters. The molecule has 0 bridgehead atoms. The maximum atomic E-state index is 9.80. The van der Waals surface area contributed by atoms with Crippen molar-refractivity contribution < 1.29 is 14.6 Å². The lowest BCUT2D eigenvalue weighted by Gasteiger charge is -2.07. The lowest BCUT2D eigenvalue weighted by Crippen LogP contribution is -2.13. The number of benzene rings is 2. The van der Waals surface area contributed by atoms with Crippen molar-refractivity contribution in [2.75, 3.05) is 14.2 Å². The van der Waals surface area contributed by atoms with Gasteiger partial charge in [0.2, 0.25) is 0 Å². The molecule has 0 fully saturated rings. The van der Waals surface area contributed by atoms with E-state index in [4.69, 9.17) is 9.47 Å². The topological polar surface area (TPSA) is 68.5 Å². The lowest BCUT2D eigenvalue weighted by molar-refractivity contribution is 0.373. The van der Waals surface area contributed by atoms with Crippen molar-refractivity contribution >= 4 is 0 Å². The average molecular weight is 339 g/mol. The van der Waals surface area contributed by atoms with E-state index in [-0.39, 0.29) is 5.75 Å². The van der Waals surface area contributed by atoms with Gasteiger partial charge in [-0.3, -0.25) is 0 Å². The van der Waals surface area contributed by atoms with Crippen LogP contribution in [-0.2, 0) is 13.1 Å². The number of hydrogen-bond donors (Lipinski definition) is 2. The van der Waals surface area contributed by atoms with Crippen LogP contribution in [0.25, 0.3) is 5.69 Å². The first-order valence-electron chi connectivity index (χ1n) is 7.95. The van der Waals surface area contributed by atoms with Gasteiger partial charge in [-0.05, 0) is 48.0 Å². The zero-order valence-electron chi connectivity index (χ0n) is 14.3. The Kier molecular flexibility index (Phi) is 5.20. The Hall–Kier alpha value is -2.99. The average Bonchev–Trinajstić information content (AvgIpc) is 3.11. The maximum Gasteiger partial charge on any atom is 0.160 e. The lowest BCUT2D eigenvalue weighted by atomic mass is 10.2. The van der Waals surface area contributed by atoms with Crippen LogP contribution >= 0.6 is 0 Å². The van der Waals surface area contributed by atoms with Gasteiger partial charge in [0.15, 0.2) is 11.5 Å². The molecule has 0 saturated carbocycles. The van der Waals surface area contributed by atoms with Gasteiger partial charge in [-0.1, -0.05) is 6.07 Å². The Labute approximate surface area is 146 Å².